The summed E-state index contributed by atoms with van der Waals surface area (Å²) in [6, 6.07) is 18.2. The molecule has 3 nitrogen and oxygen atoms in total. The van der Waals surface area contributed by atoms with E-state index in [4.69, 9.17) is 32.7 Å². The van der Waals surface area contributed by atoms with Crippen molar-refractivity contribution in [2.75, 3.05) is 0 Å². The van der Waals surface area contributed by atoms with Crippen molar-refractivity contribution in [2.45, 2.75) is 6.61 Å². The van der Waals surface area contributed by atoms with Gasteiger partial charge in [0.25, 0.3) is 0 Å². The van der Waals surface area contributed by atoms with Crippen LogP contribution in [0.1, 0.15) is 21.5 Å². The van der Waals surface area contributed by atoms with Crippen molar-refractivity contribution in [1.29, 1.82) is 0 Å². The molecular formula is C22H13BrCl2O3. The Hall–Kier alpha value is -2.27. The van der Waals surface area contributed by atoms with Gasteiger partial charge < -0.3 is 9.47 Å². The number of Topliss-reactive ketones (excluding diaryl/α,β-unsaturated/α-hetero) is 1. The first-order valence-corrected chi connectivity index (χ1v) is 9.95. The van der Waals surface area contributed by atoms with Crippen LogP contribution in [0.15, 0.2) is 70.9 Å². The Morgan fingerprint density at radius 2 is 1.86 bits per heavy atom. The lowest BCUT2D eigenvalue weighted by Gasteiger charge is -2.08. The van der Waals surface area contributed by atoms with Gasteiger partial charge in [0.2, 0.25) is 5.78 Å². The van der Waals surface area contributed by atoms with Crippen LogP contribution in [0.2, 0.25) is 10.0 Å². The normalized spacial score (nSPS) is 14.1. The molecule has 0 fully saturated rings. The van der Waals surface area contributed by atoms with Gasteiger partial charge in [0.05, 0.1) is 15.6 Å². The molecule has 3 aromatic rings. The third kappa shape index (κ3) is 4.09. The van der Waals surface area contributed by atoms with Gasteiger partial charge in [0.1, 0.15) is 18.1 Å². The number of benzene rings is 3. The fourth-order valence-electron chi connectivity index (χ4n) is 2.80. The van der Waals surface area contributed by atoms with E-state index in [-0.39, 0.29) is 11.5 Å². The maximum Gasteiger partial charge on any atom is 0.231 e. The van der Waals surface area contributed by atoms with E-state index in [0.29, 0.717) is 33.7 Å². The third-order valence-corrected chi connectivity index (χ3v) is 5.41. The van der Waals surface area contributed by atoms with Crippen LogP contribution in [0.3, 0.4) is 0 Å². The van der Waals surface area contributed by atoms with E-state index in [9.17, 15) is 4.79 Å². The molecule has 0 amide bonds. The fraction of sp³-hybridized carbons (Fsp3) is 0.0455. The Kier molecular flexibility index (Phi) is 5.44. The largest absolute Gasteiger partial charge is 0.489 e. The van der Waals surface area contributed by atoms with Crippen LogP contribution in [-0.4, -0.2) is 5.78 Å². The lowest BCUT2D eigenvalue weighted by Crippen LogP contribution is -1.98. The number of carbonyl (C=O) groups excluding carboxylic acids is 1. The van der Waals surface area contributed by atoms with Crippen molar-refractivity contribution in [3.8, 4) is 11.5 Å². The second-order valence-corrected chi connectivity index (χ2v) is 7.92. The molecule has 6 heteroatoms. The Balaban J connectivity index is 1.51. The molecule has 0 aliphatic carbocycles. The van der Waals surface area contributed by atoms with E-state index in [2.05, 4.69) is 15.9 Å². The van der Waals surface area contributed by atoms with Crippen LogP contribution in [0.4, 0.5) is 0 Å². The molecule has 3 aromatic carbocycles. The van der Waals surface area contributed by atoms with Gasteiger partial charge in [-0.25, -0.2) is 0 Å². The summed E-state index contributed by atoms with van der Waals surface area (Å²) in [5.41, 5.74) is 2.28. The summed E-state index contributed by atoms with van der Waals surface area (Å²) in [4.78, 5) is 12.6. The first-order valence-electron chi connectivity index (χ1n) is 8.40. The minimum Gasteiger partial charge on any atom is -0.489 e. The minimum absolute atomic E-state index is 0.147. The molecule has 1 heterocycles. The summed E-state index contributed by atoms with van der Waals surface area (Å²) in [6.07, 6.45) is 1.73. The van der Waals surface area contributed by atoms with E-state index in [1.165, 1.54) is 0 Å². The van der Waals surface area contributed by atoms with Crippen LogP contribution in [0.25, 0.3) is 6.08 Å². The summed E-state index contributed by atoms with van der Waals surface area (Å²) >= 11 is 15.4. The zero-order chi connectivity index (χ0) is 19.7. The highest BCUT2D eigenvalue weighted by Gasteiger charge is 2.27. The quantitative estimate of drug-likeness (QED) is 0.383. The number of ether oxygens (including phenoxy) is 2. The van der Waals surface area contributed by atoms with Crippen molar-refractivity contribution in [1.82, 2.24) is 0 Å². The molecule has 0 atom stereocenters. The summed E-state index contributed by atoms with van der Waals surface area (Å²) in [6.45, 7) is 0.324. The van der Waals surface area contributed by atoms with Crippen molar-refractivity contribution < 1.29 is 14.3 Å². The topological polar surface area (TPSA) is 35.5 Å². The minimum atomic E-state index is -0.147. The van der Waals surface area contributed by atoms with Gasteiger partial charge in [-0.2, -0.15) is 0 Å². The van der Waals surface area contributed by atoms with Crippen molar-refractivity contribution in [2.24, 2.45) is 0 Å². The molecule has 1 aliphatic heterocycles. The maximum absolute atomic E-state index is 12.6. The molecule has 0 N–H and O–H groups in total. The van der Waals surface area contributed by atoms with E-state index in [0.717, 1.165) is 15.6 Å². The monoisotopic (exact) mass is 474 g/mol. The molecule has 0 unspecified atom stereocenters. The molecule has 28 heavy (non-hydrogen) atoms. The lowest BCUT2D eigenvalue weighted by atomic mass is 10.1. The molecule has 0 aromatic heterocycles. The number of allylic oxidation sites excluding steroid dienone is 1. The number of ketones is 1. The highest BCUT2D eigenvalue weighted by molar-refractivity contribution is 9.10. The van der Waals surface area contributed by atoms with E-state index >= 15 is 0 Å². The third-order valence-electron chi connectivity index (χ3n) is 4.18. The van der Waals surface area contributed by atoms with Gasteiger partial charge in [0, 0.05) is 10.5 Å². The number of hydrogen-bond donors (Lipinski definition) is 0. The van der Waals surface area contributed by atoms with Crippen LogP contribution in [0.5, 0.6) is 11.5 Å². The number of carbonyl (C=O) groups is 1. The number of halogens is 3. The van der Waals surface area contributed by atoms with Gasteiger partial charge in [-0.05, 0) is 53.6 Å². The highest BCUT2D eigenvalue weighted by Crippen LogP contribution is 2.35. The average molecular weight is 476 g/mol. The number of fused-ring (bicyclic) bond motifs is 1. The van der Waals surface area contributed by atoms with Gasteiger partial charge in [-0.1, -0.05) is 57.3 Å². The zero-order valence-corrected chi connectivity index (χ0v) is 17.5. The molecule has 0 bridgehead atoms. The van der Waals surface area contributed by atoms with E-state index in [1.807, 2.05) is 30.3 Å². The zero-order valence-electron chi connectivity index (χ0n) is 14.4. The Morgan fingerprint density at radius 3 is 2.64 bits per heavy atom. The van der Waals surface area contributed by atoms with Gasteiger partial charge >= 0.3 is 0 Å². The lowest BCUT2D eigenvalue weighted by molar-refractivity contribution is 0.101. The van der Waals surface area contributed by atoms with Crippen LogP contribution < -0.4 is 9.47 Å². The molecule has 0 spiro atoms. The van der Waals surface area contributed by atoms with Gasteiger partial charge in [0.15, 0.2) is 5.76 Å². The van der Waals surface area contributed by atoms with Crippen molar-refractivity contribution in [3.05, 3.63) is 97.6 Å². The number of rotatable bonds is 4. The van der Waals surface area contributed by atoms with Gasteiger partial charge in [-0.3, -0.25) is 4.79 Å². The maximum atomic E-state index is 12.6. The van der Waals surface area contributed by atoms with Gasteiger partial charge in [-0.15, -0.1) is 0 Å². The van der Waals surface area contributed by atoms with Crippen LogP contribution in [0, 0.1) is 0 Å². The van der Waals surface area contributed by atoms with Crippen molar-refractivity contribution >= 4 is 51.0 Å². The first-order chi connectivity index (χ1) is 13.5. The summed E-state index contributed by atoms with van der Waals surface area (Å²) < 4.78 is 12.5. The SMILES string of the molecule is O=C1/C(=C/c2cccc(Br)c2)Oc2cc(OCc3ccc(Cl)c(Cl)c3)ccc21. The molecule has 0 saturated carbocycles. The highest BCUT2D eigenvalue weighted by atomic mass is 79.9. The molecule has 0 saturated heterocycles. The molecule has 0 radical (unpaired) electrons. The fourth-order valence-corrected chi connectivity index (χ4v) is 3.54. The van der Waals surface area contributed by atoms with Crippen molar-refractivity contribution in [3.63, 3.8) is 0 Å². The Morgan fingerprint density at radius 1 is 1.00 bits per heavy atom. The predicted molar refractivity (Wildman–Crippen MR) is 114 cm³/mol. The molecule has 140 valence electrons. The predicted octanol–water partition coefficient (Wildman–Crippen LogP) is 6.95. The Labute approximate surface area is 180 Å². The second-order valence-electron chi connectivity index (χ2n) is 6.19. The van der Waals surface area contributed by atoms with Crippen LogP contribution >= 0.6 is 39.1 Å². The summed E-state index contributed by atoms with van der Waals surface area (Å²) in [5, 5.41) is 0.979. The second kappa shape index (κ2) is 8.00. The molecule has 1 aliphatic rings. The smallest absolute Gasteiger partial charge is 0.231 e. The van der Waals surface area contributed by atoms with E-state index in [1.54, 1.807) is 36.4 Å². The summed E-state index contributed by atoms with van der Waals surface area (Å²) in [5.74, 6) is 1.22. The summed E-state index contributed by atoms with van der Waals surface area (Å²) in [7, 11) is 0. The molecule has 4 rings (SSSR count). The number of hydrogen-bond acceptors (Lipinski definition) is 3. The standard InChI is InChI=1S/C22H13BrCl2O3/c23-15-3-1-2-13(8-15)10-21-22(26)17-6-5-16(11-20(17)28-21)27-12-14-4-7-18(24)19(25)9-14/h1-11H,12H2/b21-10-. The first kappa shape index (κ1) is 19.1. The average Bonchev–Trinajstić information content (AvgIpc) is 2.98. The molecular weight excluding hydrogens is 463 g/mol. The Bertz CT molecular complexity index is 1110. The van der Waals surface area contributed by atoms with Crippen LogP contribution in [-0.2, 0) is 6.61 Å². The van der Waals surface area contributed by atoms with E-state index < -0.39 is 0 Å².